The molecular formula is C25H30ClF3N6O3S. The van der Waals surface area contributed by atoms with E-state index in [2.05, 4.69) is 9.88 Å². The predicted octanol–water partition coefficient (Wildman–Crippen LogP) is 2.51. The number of likely N-dealkylation sites (tertiary alicyclic amines) is 1. The molecule has 3 aliphatic heterocycles. The monoisotopic (exact) mass is 586 g/mol. The van der Waals surface area contributed by atoms with Gasteiger partial charge in [0.1, 0.15) is 11.0 Å². The lowest BCUT2D eigenvalue weighted by Gasteiger charge is -2.40. The van der Waals surface area contributed by atoms with Crippen LogP contribution in [0.3, 0.4) is 0 Å². The Kier molecular flexibility index (Phi) is 7.81. The maximum Gasteiger partial charge on any atom is 0.416 e. The van der Waals surface area contributed by atoms with Gasteiger partial charge in [-0.1, -0.05) is 11.6 Å². The van der Waals surface area contributed by atoms with Gasteiger partial charge >= 0.3 is 6.18 Å². The van der Waals surface area contributed by atoms with Gasteiger partial charge in [0.2, 0.25) is 15.9 Å². The van der Waals surface area contributed by atoms with Gasteiger partial charge in [-0.05, 0) is 54.8 Å². The van der Waals surface area contributed by atoms with Crippen LogP contribution in [0, 0.1) is 11.8 Å². The van der Waals surface area contributed by atoms with Crippen molar-refractivity contribution >= 4 is 39.0 Å². The number of halogens is 4. The van der Waals surface area contributed by atoms with E-state index in [-0.39, 0.29) is 53.9 Å². The molecule has 0 spiro atoms. The van der Waals surface area contributed by atoms with Crippen LogP contribution in [0.4, 0.5) is 24.7 Å². The van der Waals surface area contributed by atoms with Crippen LogP contribution in [0.25, 0.3) is 0 Å². The molecule has 212 valence electrons. The third kappa shape index (κ3) is 6.02. The molecule has 2 aromatic rings. The number of hydrogen-bond donors (Lipinski definition) is 1. The maximum absolute atomic E-state index is 13.3. The molecule has 1 aromatic heterocycles. The SMILES string of the molecule is NCC1CN(CC2CC(=O)N(c3ccc(S(=O)(=O)N4CCN(c5cc(C(F)(F)F)cc(Cl)n5)CC4)cc3)C2)C1. The Morgan fingerprint density at radius 3 is 2.28 bits per heavy atom. The summed E-state index contributed by atoms with van der Waals surface area (Å²) in [7, 11) is -3.83. The van der Waals surface area contributed by atoms with Gasteiger partial charge in [-0.15, -0.1) is 0 Å². The second kappa shape index (κ2) is 10.8. The van der Waals surface area contributed by atoms with Gasteiger partial charge in [0.25, 0.3) is 0 Å². The van der Waals surface area contributed by atoms with Crippen LogP contribution in [-0.2, 0) is 21.0 Å². The molecule has 1 unspecified atom stereocenters. The Bertz CT molecular complexity index is 1310. The highest BCUT2D eigenvalue weighted by molar-refractivity contribution is 7.89. The topological polar surface area (TPSA) is 103 Å². The average molecular weight is 587 g/mol. The number of piperazine rings is 1. The van der Waals surface area contributed by atoms with Gasteiger partial charge < -0.3 is 20.4 Å². The van der Waals surface area contributed by atoms with Gasteiger partial charge in [-0.25, -0.2) is 13.4 Å². The second-order valence-electron chi connectivity index (χ2n) is 10.3. The molecule has 0 bridgehead atoms. The molecule has 5 rings (SSSR count). The first-order chi connectivity index (χ1) is 18.4. The molecule has 3 aliphatic rings. The normalized spacial score (nSPS) is 22.0. The number of anilines is 2. The van der Waals surface area contributed by atoms with E-state index in [1.54, 1.807) is 21.9 Å². The lowest BCUT2D eigenvalue weighted by Crippen LogP contribution is -2.51. The molecule has 1 amide bonds. The van der Waals surface area contributed by atoms with Crippen molar-refractivity contribution in [2.75, 3.05) is 68.7 Å². The summed E-state index contributed by atoms with van der Waals surface area (Å²) in [6.07, 6.45) is -4.11. The number of aromatic nitrogens is 1. The second-order valence-corrected chi connectivity index (χ2v) is 12.6. The summed E-state index contributed by atoms with van der Waals surface area (Å²) in [6.45, 7) is 4.52. The van der Waals surface area contributed by atoms with E-state index in [9.17, 15) is 26.4 Å². The lowest BCUT2D eigenvalue weighted by atomic mass is 9.98. The van der Waals surface area contributed by atoms with Crippen LogP contribution in [0.15, 0.2) is 41.3 Å². The summed E-state index contributed by atoms with van der Waals surface area (Å²) in [5.74, 6) is 0.826. The number of rotatable bonds is 7. The minimum Gasteiger partial charge on any atom is -0.354 e. The average Bonchev–Trinajstić information content (AvgIpc) is 3.25. The van der Waals surface area contributed by atoms with Crippen LogP contribution in [0.5, 0.6) is 0 Å². The zero-order valence-electron chi connectivity index (χ0n) is 21.1. The van der Waals surface area contributed by atoms with Gasteiger partial charge in [-0.2, -0.15) is 17.5 Å². The molecular weight excluding hydrogens is 557 g/mol. The highest BCUT2D eigenvalue weighted by atomic mass is 35.5. The number of carbonyl (C=O) groups excluding carboxylic acids is 1. The number of nitrogens with zero attached hydrogens (tertiary/aromatic N) is 5. The Balaban J connectivity index is 1.20. The molecule has 39 heavy (non-hydrogen) atoms. The molecule has 0 aliphatic carbocycles. The fourth-order valence-corrected chi connectivity index (χ4v) is 7.03. The van der Waals surface area contributed by atoms with Crippen molar-refractivity contribution in [1.29, 1.82) is 0 Å². The molecule has 0 saturated carbocycles. The van der Waals surface area contributed by atoms with Crippen LogP contribution in [0.1, 0.15) is 12.0 Å². The van der Waals surface area contributed by atoms with Crippen molar-refractivity contribution in [2.24, 2.45) is 17.6 Å². The smallest absolute Gasteiger partial charge is 0.354 e. The van der Waals surface area contributed by atoms with Crippen molar-refractivity contribution in [3.8, 4) is 0 Å². The molecule has 3 saturated heterocycles. The summed E-state index contributed by atoms with van der Waals surface area (Å²) in [4.78, 5) is 22.3. The number of pyridine rings is 1. The van der Waals surface area contributed by atoms with Crippen LogP contribution in [0.2, 0.25) is 5.15 Å². The van der Waals surface area contributed by atoms with E-state index >= 15 is 0 Å². The van der Waals surface area contributed by atoms with Gasteiger partial charge in [0.15, 0.2) is 0 Å². The summed E-state index contributed by atoms with van der Waals surface area (Å²) < 4.78 is 67.3. The lowest BCUT2D eigenvalue weighted by molar-refractivity contribution is -0.137. The minimum atomic E-state index is -4.57. The van der Waals surface area contributed by atoms with E-state index in [0.29, 0.717) is 31.1 Å². The standard InChI is InChI=1S/C25H30ClF3N6O3S/c26-22-10-19(25(27,28)29)11-23(31-22)33-5-7-34(8-6-33)39(37,38)21-3-1-20(2-4-21)35-16-17(9-24(35)36)13-32-14-18(12-30)15-32/h1-4,10-11,17-18H,5-9,12-16,30H2. The fraction of sp³-hybridized carbons (Fsp3) is 0.520. The summed E-state index contributed by atoms with van der Waals surface area (Å²) in [6, 6.07) is 7.95. The Labute approximate surface area is 230 Å². The summed E-state index contributed by atoms with van der Waals surface area (Å²) in [5, 5.41) is -0.279. The first-order valence-electron chi connectivity index (χ1n) is 12.8. The number of amides is 1. The first-order valence-corrected chi connectivity index (χ1v) is 14.6. The summed E-state index contributed by atoms with van der Waals surface area (Å²) >= 11 is 5.80. The van der Waals surface area contributed by atoms with Crippen molar-refractivity contribution in [2.45, 2.75) is 17.5 Å². The maximum atomic E-state index is 13.3. The number of benzene rings is 1. The fourth-order valence-electron chi connectivity index (χ4n) is 5.41. The zero-order chi connectivity index (χ0) is 27.9. The number of hydrogen-bond acceptors (Lipinski definition) is 7. The van der Waals surface area contributed by atoms with E-state index in [1.807, 2.05) is 0 Å². The minimum absolute atomic E-state index is 0.0194. The highest BCUT2D eigenvalue weighted by Crippen LogP contribution is 2.34. The van der Waals surface area contributed by atoms with E-state index in [1.165, 1.54) is 16.4 Å². The number of carbonyl (C=O) groups is 1. The highest BCUT2D eigenvalue weighted by Gasteiger charge is 2.36. The number of nitrogens with two attached hydrogens (primary N) is 1. The van der Waals surface area contributed by atoms with Crippen molar-refractivity contribution in [3.05, 3.63) is 47.1 Å². The van der Waals surface area contributed by atoms with Crippen molar-refractivity contribution < 1.29 is 26.4 Å². The van der Waals surface area contributed by atoms with E-state index in [0.717, 1.165) is 31.8 Å². The van der Waals surface area contributed by atoms with E-state index < -0.39 is 21.8 Å². The van der Waals surface area contributed by atoms with Crippen molar-refractivity contribution in [1.82, 2.24) is 14.2 Å². The third-order valence-corrected chi connectivity index (χ3v) is 9.65. The first kappa shape index (κ1) is 28.1. The molecule has 9 nitrogen and oxygen atoms in total. The third-order valence-electron chi connectivity index (χ3n) is 7.54. The van der Waals surface area contributed by atoms with Gasteiger partial charge in [-0.3, -0.25) is 4.79 Å². The molecule has 14 heteroatoms. The molecule has 2 N–H and O–H groups in total. The molecule has 4 heterocycles. The van der Waals surface area contributed by atoms with E-state index in [4.69, 9.17) is 17.3 Å². The number of alkyl halides is 3. The predicted molar refractivity (Wildman–Crippen MR) is 141 cm³/mol. The Morgan fingerprint density at radius 1 is 1.00 bits per heavy atom. The zero-order valence-corrected chi connectivity index (χ0v) is 22.7. The quantitative estimate of drug-likeness (QED) is 0.497. The molecule has 1 aromatic carbocycles. The van der Waals surface area contributed by atoms with Crippen molar-refractivity contribution in [3.63, 3.8) is 0 Å². The van der Waals surface area contributed by atoms with Crippen LogP contribution < -0.4 is 15.5 Å². The number of sulfonamides is 1. The molecule has 0 radical (unpaired) electrons. The largest absolute Gasteiger partial charge is 0.416 e. The molecule has 1 atom stereocenters. The Hall–Kier alpha value is -2.45. The Morgan fingerprint density at radius 2 is 1.67 bits per heavy atom. The van der Waals surface area contributed by atoms with Gasteiger partial charge in [0.05, 0.1) is 10.5 Å². The van der Waals surface area contributed by atoms with Gasteiger partial charge in [0, 0.05) is 64.5 Å². The molecule has 3 fully saturated rings. The summed E-state index contributed by atoms with van der Waals surface area (Å²) in [5.41, 5.74) is 5.44. The van der Waals surface area contributed by atoms with Crippen LogP contribution in [-0.4, -0.2) is 87.4 Å². The van der Waals surface area contributed by atoms with Crippen LogP contribution >= 0.6 is 11.6 Å².